The summed E-state index contributed by atoms with van der Waals surface area (Å²) in [7, 11) is 2.13. The molecular formula is C16H27N3O. The van der Waals surface area contributed by atoms with E-state index < -0.39 is 0 Å². The Balaban J connectivity index is 2.02. The van der Waals surface area contributed by atoms with Gasteiger partial charge in [-0.3, -0.25) is 4.98 Å². The molecule has 2 unspecified atom stereocenters. The fourth-order valence-corrected chi connectivity index (χ4v) is 3.27. The second kappa shape index (κ2) is 5.43. The molecule has 2 N–H and O–H groups in total. The molecule has 2 heterocycles. The van der Waals surface area contributed by atoms with Crippen molar-refractivity contribution in [1.82, 2.24) is 9.88 Å². The van der Waals surface area contributed by atoms with Crippen molar-refractivity contribution in [2.24, 2.45) is 11.7 Å². The molecule has 1 aliphatic rings. The zero-order valence-corrected chi connectivity index (χ0v) is 13.3. The van der Waals surface area contributed by atoms with Crippen LogP contribution in [0.5, 0.6) is 0 Å². The lowest BCUT2D eigenvalue weighted by molar-refractivity contribution is -0.0782. The van der Waals surface area contributed by atoms with E-state index in [2.05, 4.69) is 56.8 Å². The zero-order chi connectivity index (χ0) is 15.0. The lowest BCUT2D eigenvalue weighted by Crippen LogP contribution is -2.47. The minimum absolute atomic E-state index is 0.0531. The molecule has 0 aromatic carbocycles. The van der Waals surface area contributed by atoms with E-state index in [4.69, 9.17) is 10.5 Å². The number of pyridine rings is 1. The highest BCUT2D eigenvalue weighted by molar-refractivity contribution is 5.10. The molecule has 0 bridgehead atoms. The van der Waals surface area contributed by atoms with Gasteiger partial charge in [0.25, 0.3) is 0 Å². The first-order valence-corrected chi connectivity index (χ1v) is 7.25. The average molecular weight is 277 g/mol. The van der Waals surface area contributed by atoms with Gasteiger partial charge in [-0.1, -0.05) is 0 Å². The van der Waals surface area contributed by atoms with Crippen LogP contribution in [-0.2, 0) is 11.3 Å². The third-order valence-electron chi connectivity index (χ3n) is 4.37. The number of rotatable bonds is 4. The van der Waals surface area contributed by atoms with Gasteiger partial charge in [-0.15, -0.1) is 0 Å². The lowest BCUT2D eigenvalue weighted by atomic mass is 9.83. The summed E-state index contributed by atoms with van der Waals surface area (Å²) in [5, 5.41) is 0. The SMILES string of the molecule is CN(Cc1ccncc1)CC1C(N)C(C)(C)OC1(C)C. The van der Waals surface area contributed by atoms with Gasteiger partial charge in [0.2, 0.25) is 0 Å². The van der Waals surface area contributed by atoms with Crippen molar-refractivity contribution in [1.29, 1.82) is 0 Å². The molecule has 2 rings (SSSR count). The fraction of sp³-hybridized carbons (Fsp3) is 0.688. The van der Waals surface area contributed by atoms with E-state index in [1.807, 2.05) is 12.4 Å². The minimum atomic E-state index is -0.258. The standard InChI is InChI=1S/C16H27N3O/c1-15(2)13(14(17)16(3,4)20-15)11-19(5)10-12-6-8-18-9-7-12/h6-9,13-14H,10-11,17H2,1-5H3. The predicted molar refractivity (Wildman–Crippen MR) is 81.3 cm³/mol. The lowest BCUT2D eigenvalue weighted by Gasteiger charge is -2.31. The molecule has 20 heavy (non-hydrogen) atoms. The van der Waals surface area contributed by atoms with Crippen LogP contribution in [-0.4, -0.2) is 40.7 Å². The summed E-state index contributed by atoms with van der Waals surface area (Å²) < 4.78 is 6.15. The summed E-state index contributed by atoms with van der Waals surface area (Å²) >= 11 is 0. The molecule has 112 valence electrons. The first kappa shape index (κ1) is 15.4. The number of nitrogens with zero attached hydrogens (tertiary/aromatic N) is 2. The van der Waals surface area contributed by atoms with Crippen LogP contribution in [0.4, 0.5) is 0 Å². The van der Waals surface area contributed by atoms with Crippen LogP contribution in [0, 0.1) is 5.92 Å². The maximum Gasteiger partial charge on any atom is 0.0788 e. The van der Waals surface area contributed by atoms with Crippen molar-refractivity contribution in [2.45, 2.75) is 51.5 Å². The van der Waals surface area contributed by atoms with E-state index in [1.165, 1.54) is 5.56 Å². The van der Waals surface area contributed by atoms with Crippen LogP contribution >= 0.6 is 0 Å². The van der Waals surface area contributed by atoms with Gasteiger partial charge in [0, 0.05) is 37.4 Å². The van der Waals surface area contributed by atoms with Crippen LogP contribution in [0.15, 0.2) is 24.5 Å². The molecule has 4 nitrogen and oxygen atoms in total. The summed E-state index contributed by atoms with van der Waals surface area (Å²) in [6.07, 6.45) is 3.67. The number of hydrogen-bond donors (Lipinski definition) is 1. The third-order valence-corrected chi connectivity index (χ3v) is 4.37. The summed E-state index contributed by atoms with van der Waals surface area (Å²) in [5.41, 5.74) is 7.24. The Morgan fingerprint density at radius 1 is 1.20 bits per heavy atom. The second-order valence-corrected chi connectivity index (χ2v) is 6.99. The third kappa shape index (κ3) is 3.19. The molecular weight excluding hydrogens is 250 g/mol. The fourth-order valence-electron chi connectivity index (χ4n) is 3.27. The second-order valence-electron chi connectivity index (χ2n) is 6.99. The van der Waals surface area contributed by atoms with Gasteiger partial charge >= 0.3 is 0 Å². The highest BCUT2D eigenvalue weighted by Crippen LogP contribution is 2.41. The molecule has 0 spiro atoms. The summed E-state index contributed by atoms with van der Waals surface area (Å²) in [4.78, 5) is 6.36. The number of nitrogens with two attached hydrogens (primary N) is 1. The molecule has 1 aromatic heterocycles. The highest BCUT2D eigenvalue weighted by Gasteiger charge is 2.52. The minimum Gasteiger partial charge on any atom is -0.368 e. The van der Waals surface area contributed by atoms with E-state index in [0.29, 0.717) is 5.92 Å². The Morgan fingerprint density at radius 2 is 1.80 bits per heavy atom. The van der Waals surface area contributed by atoms with Crippen molar-refractivity contribution in [3.63, 3.8) is 0 Å². The predicted octanol–water partition coefficient (Wildman–Crippen LogP) is 2.04. The van der Waals surface area contributed by atoms with E-state index in [9.17, 15) is 0 Å². The smallest absolute Gasteiger partial charge is 0.0788 e. The molecule has 1 fully saturated rings. The Labute approximate surface area is 122 Å². The van der Waals surface area contributed by atoms with Gasteiger partial charge in [-0.2, -0.15) is 0 Å². The highest BCUT2D eigenvalue weighted by atomic mass is 16.5. The molecule has 0 saturated carbocycles. The van der Waals surface area contributed by atoms with Crippen LogP contribution in [0.1, 0.15) is 33.3 Å². The Morgan fingerprint density at radius 3 is 2.30 bits per heavy atom. The summed E-state index contributed by atoms with van der Waals surface area (Å²) in [6.45, 7) is 10.3. The van der Waals surface area contributed by atoms with Crippen molar-refractivity contribution >= 4 is 0 Å². The maximum absolute atomic E-state index is 6.41. The molecule has 0 amide bonds. The zero-order valence-electron chi connectivity index (χ0n) is 13.3. The van der Waals surface area contributed by atoms with Gasteiger partial charge in [0.1, 0.15) is 0 Å². The summed E-state index contributed by atoms with van der Waals surface area (Å²) in [6, 6.07) is 4.16. The van der Waals surface area contributed by atoms with Crippen LogP contribution in [0.25, 0.3) is 0 Å². The molecule has 2 atom stereocenters. The number of ether oxygens (including phenoxy) is 1. The average Bonchev–Trinajstić information content (AvgIpc) is 2.49. The van der Waals surface area contributed by atoms with E-state index in [-0.39, 0.29) is 17.2 Å². The monoisotopic (exact) mass is 277 g/mol. The Hall–Kier alpha value is -0.970. The maximum atomic E-state index is 6.41. The van der Waals surface area contributed by atoms with Gasteiger partial charge in [-0.25, -0.2) is 0 Å². The van der Waals surface area contributed by atoms with Crippen LogP contribution in [0.3, 0.4) is 0 Å². The van der Waals surface area contributed by atoms with Gasteiger partial charge in [0.15, 0.2) is 0 Å². The molecule has 0 aliphatic carbocycles. The van der Waals surface area contributed by atoms with Gasteiger partial charge < -0.3 is 15.4 Å². The van der Waals surface area contributed by atoms with Crippen LogP contribution in [0.2, 0.25) is 0 Å². The molecule has 4 heteroatoms. The van der Waals surface area contributed by atoms with Gasteiger partial charge in [-0.05, 0) is 52.4 Å². The van der Waals surface area contributed by atoms with Crippen molar-refractivity contribution in [2.75, 3.05) is 13.6 Å². The number of hydrogen-bond acceptors (Lipinski definition) is 4. The first-order chi connectivity index (χ1) is 9.22. The Bertz CT molecular complexity index is 444. The van der Waals surface area contributed by atoms with Crippen molar-refractivity contribution < 1.29 is 4.74 Å². The molecule has 0 radical (unpaired) electrons. The van der Waals surface area contributed by atoms with E-state index in [1.54, 1.807) is 0 Å². The Kier molecular flexibility index (Phi) is 4.19. The first-order valence-electron chi connectivity index (χ1n) is 7.25. The van der Waals surface area contributed by atoms with Crippen LogP contribution < -0.4 is 5.73 Å². The molecule has 1 saturated heterocycles. The molecule has 1 aromatic rings. The molecule has 1 aliphatic heterocycles. The topological polar surface area (TPSA) is 51.4 Å². The van der Waals surface area contributed by atoms with E-state index in [0.717, 1.165) is 13.1 Å². The van der Waals surface area contributed by atoms with E-state index >= 15 is 0 Å². The summed E-state index contributed by atoms with van der Waals surface area (Å²) in [5.74, 6) is 0.323. The van der Waals surface area contributed by atoms with Crippen molar-refractivity contribution in [3.8, 4) is 0 Å². The quantitative estimate of drug-likeness (QED) is 0.915. The van der Waals surface area contributed by atoms with Gasteiger partial charge in [0.05, 0.1) is 11.2 Å². The normalized spacial score (nSPS) is 27.9. The number of aromatic nitrogens is 1. The van der Waals surface area contributed by atoms with Crippen molar-refractivity contribution in [3.05, 3.63) is 30.1 Å². The largest absolute Gasteiger partial charge is 0.368 e.